The van der Waals surface area contributed by atoms with Crippen LogP contribution < -0.4 is 10.1 Å². The number of methoxy groups -OCH3 is 1. The lowest BCUT2D eigenvalue weighted by Gasteiger charge is -2.28. The summed E-state index contributed by atoms with van der Waals surface area (Å²) in [6.07, 6.45) is 0. The fourth-order valence-corrected chi connectivity index (χ4v) is 3.50. The summed E-state index contributed by atoms with van der Waals surface area (Å²) in [6.45, 7) is 0.139. The van der Waals surface area contributed by atoms with E-state index >= 15 is 0 Å². The van der Waals surface area contributed by atoms with E-state index in [0.29, 0.717) is 16.5 Å². The van der Waals surface area contributed by atoms with E-state index in [0.717, 1.165) is 11.1 Å². The molecule has 0 unspecified atom stereocenters. The second-order valence-electron chi connectivity index (χ2n) is 6.68. The van der Waals surface area contributed by atoms with Crippen molar-refractivity contribution in [3.63, 3.8) is 0 Å². The number of benzene rings is 3. The number of rotatable bonds is 7. The Hall–Kier alpha value is -2.89. The van der Waals surface area contributed by atoms with Crippen molar-refractivity contribution in [2.24, 2.45) is 0 Å². The Balaban J connectivity index is 1.77. The van der Waals surface area contributed by atoms with Gasteiger partial charge in [-0.3, -0.25) is 9.69 Å². The zero-order chi connectivity index (χ0) is 20.8. The molecule has 0 saturated carbocycles. The maximum Gasteiger partial charge on any atom is 0.238 e. The van der Waals surface area contributed by atoms with E-state index in [9.17, 15) is 9.18 Å². The number of carbonyl (C=O) groups is 1. The van der Waals surface area contributed by atoms with Gasteiger partial charge in [0.2, 0.25) is 5.91 Å². The van der Waals surface area contributed by atoms with Gasteiger partial charge in [0.1, 0.15) is 11.6 Å². The molecule has 3 aromatic rings. The molecular weight excluding hydrogens is 391 g/mol. The predicted molar refractivity (Wildman–Crippen MR) is 114 cm³/mol. The first-order valence-electron chi connectivity index (χ1n) is 9.12. The lowest BCUT2D eigenvalue weighted by Crippen LogP contribution is -2.34. The Morgan fingerprint density at radius 3 is 2.34 bits per heavy atom. The van der Waals surface area contributed by atoms with Crippen molar-refractivity contribution in [1.82, 2.24) is 4.90 Å². The number of amides is 1. The molecule has 0 saturated heterocycles. The second-order valence-corrected chi connectivity index (χ2v) is 7.08. The minimum absolute atomic E-state index is 0.139. The molecule has 4 nitrogen and oxygen atoms in total. The van der Waals surface area contributed by atoms with Gasteiger partial charge < -0.3 is 10.1 Å². The summed E-state index contributed by atoms with van der Waals surface area (Å²) in [7, 11) is 3.40. The zero-order valence-electron chi connectivity index (χ0n) is 16.2. The first-order valence-corrected chi connectivity index (χ1v) is 9.50. The van der Waals surface area contributed by atoms with Gasteiger partial charge in [0.05, 0.1) is 24.7 Å². The summed E-state index contributed by atoms with van der Waals surface area (Å²) < 4.78 is 18.5. The number of nitrogens with zero attached hydrogens (tertiary/aromatic N) is 1. The van der Waals surface area contributed by atoms with Crippen molar-refractivity contribution in [2.45, 2.75) is 6.04 Å². The lowest BCUT2D eigenvalue weighted by atomic mass is 9.97. The molecule has 0 aliphatic rings. The van der Waals surface area contributed by atoms with Crippen LogP contribution in [0, 0.1) is 5.82 Å². The summed E-state index contributed by atoms with van der Waals surface area (Å²) >= 11 is 6.12. The topological polar surface area (TPSA) is 41.6 Å². The molecule has 0 radical (unpaired) electrons. The van der Waals surface area contributed by atoms with Crippen molar-refractivity contribution in [2.75, 3.05) is 26.0 Å². The molecule has 29 heavy (non-hydrogen) atoms. The molecule has 150 valence electrons. The average Bonchev–Trinajstić information content (AvgIpc) is 2.70. The SMILES string of the molecule is COc1ccc(NC(=O)CN(C)[C@@H](c2ccccc2)c2ccc(F)cc2)cc1Cl. The van der Waals surface area contributed by atoms with Crippen LogP contribution in [-0.4, -0.2) is 31.5 Å². The number of nitrogens with one attached hydrogen (secondary N) is 1. The molecule has 0 aliphatic heterocycles. The Morgan fingerprint density at radius 2 is 1.72 bits per heavy atom. The molecule has 0 spiro atoms. The first-order chi connectivity index (χ1) is 14.0. The smallest absolute Gasteiger partial charge is 0.238 e. The number of halogens is 2. The molecular formula is C23H22ClFN2O2. The van der Waals surface area contributed by atoms with Gasteiger partial charge in [-0.2, -0.15) is 0 Å². The molecule has 3 rings (SSSR count). The van der Waals surface area contributed by atoms with Crippen molar-refractivity contribution in [3.8, 4) is 5.75 Å². The molecule has 6 heteroatoms. The molecule has 0 aromatic heterocycles. The Labute approximate surface area is 174 Å². The van der Waals surface area contributed by atoms with E-state index in [-0.39, 0.29) is 24.3 Å². The van der Waals surface area contributed by atoms with E-state index in [2.05, 4.69) is 5.32 Å². The third kappa shape index (κ3) is 5.34. The van der Waals surface area contributed by atoms with Crippen LogP contribution in [0.1, 0.15) is 17.2 Å². The number of likely N-dealkylation sites (N-methyl/N-ethyl adjacent to an activating group) is 1. The van der Waals surface area contributed by atoms with Crippen LogP contribution in [0.5, 0.6) is 5.75 Å². The van der Waals surface area contributed by atoms with Gasteiger partial charge in [-0.25, -0.2) is 4.39 Å². The predicted octanol–water partition coefficient (Wildman–Crippen LogP) is 5.15. The number of ether oxygens (including phenoxy) is 1. The molecule has 3 aromatic carbocycles. The molecule has 1 amide bonds. The van der Waals surface area contributed by atoms with Crippen LogP contribution in [0.4, 0.5) is 10.1 Å². The van der Waals surface area contributed by atoms with Gasteiger partial charge >= 0.3 is 0 Å². The summed E-state index contributed by atoms with van der Waals surface area (Å²) in [5, 5.41) is 3.27. The summed E-state index contributed by atoms with van der Waals surface area (Å²) in [5.74, 6) is 0.0661. The van der Waals surface area contributed by atoms with Crippen molar-refractivity contribution >= 4 is 23.2 Å². The van der Waals surface area contributed by atoms with Crippen LogP contribution >= 0.6 is 11.6 Å². The maximum atomic E-state index is 13.4. The third-order valence-corrected chi connectivity index (χ3v) is 4.87. The Morgan fingerprint density at radius 1 is 1.07 bits per heavy atom. The van der Waals surface area contributed by atoms with Gasteiger partial charge in [-0.15, -0.1) is 0 Å². The fourth-order valence-electron chi connectivity index (χ4n) is 3.24. The Kier molecular flexibility index (Phi) is 6.86. The Bertz CT molecular complexity index is 964. The van der Waals surface area contributed by atoms with Gasteiger partial charge in [-0.05, 0) is 48.5 Å². The molecule has 0 heterocycles. The summed E-state index contributed by atoms with van der Waals surface area (Å²) in [6, 6.07) is 21.0. The average molecular weight is 413 g/mol. The summed E-state index contributed by atoms with van der Waals surface area (Å²) in [5.41, 5.74) is 2.51. The normalized spacial score (nSPS) is 11.9. The van der Waals surface area contributed by atoms with Crippen LogP contribution in [0.3, 0.4) is 0 Å². The van der Waals surface area contributed by atoms with Crippen molar-refractivity contribution < 1.29 is 13.9 Å². The van der Waals surface area contributed by atoms with Crippen LogP contribution in [0.25, 0.3) is 0 Å². The molecule has 0 bridgehead atoms. The standard InChI is InChI=1S/C23H22ClFN2O2/c1-27(15-22(28)26-19-12-13-21(29-2)20(24)14-19)23(16-6-4-3-5-7-16)17-8-10-18(25)11-9-17/h3-14,23H,15H2,1-2H3,(H,26,28)/t23-/m0/s1. The number of carbonyl (C=O) groups excluding carboxylic acids is 1. The number of anilines is 1. The van der Waals surface area contributed by atoms with E-state index in [4.69, 9.17) is 16.3 Å². The molecule has 1 N–H and O–H groups in total. The number of hydrogen-bond acceptors (Lipinski definition) is 3. The third-order valence-electron chi connectivity index (χ3n) is 4.57. The first kappa shape index (κ1) is 20.8. The highest BCUT2D eigenvalue weighted by atomic mass is 35.5. The van der Waals surface area contributed by atoms with E-state index in [1.807, 2.05) is 42.3 Å². The van der Waals surface area contributed by atoms with Gasteiger partial charge in [0.25, 0.3) is 0 Å². The highest BCUT2D eigenvalue weighted by molar-refractivity contribution is 6.32. The molecule has 1 atom stereocenters. The lowest BCUT2D eigenvalue weighted by molar-refractivity contribution is -0.117. The van der Waals surface area contributed by atoms with Gasteiger partial charge in [0, 0.05) is 5.69 Å². The van der Waals surface area contributed by atoms with E-state index in [1.54, 1.807) is 30.3 Å². The second kappa shape index (κ2) is 9.54. The fraction of sp³-hybridized carbons (Fsp3) is 0.174. The van der Waals surface area contributed by atoms with Crippen molar-refractivity contribution in [3.05, 3.63) is 94.8 Å². The van der Waals surface area contributed by atoms with E-state index < -0.39 is 0 Å². The monoisotopic (exact) mass is 412 g/mol. The highest BCUT2D eigenvalue weighted by Crippen LogP contribution is 2.29. The number of hydrogen-bond donors (Lipinski definition) is 1. The largest absolute Gasteiger partial charge is 0.495 e. The minimum Gasteiger partial charge on any atom is -0.495 e. The summed E-state index contributed by atoms with van der Waals surface area (Å²) in [4.78, 5) is 14.5. The van der Waals surface area contributed by atoms with Crippen LogP contribution in [0.2, 0.25) is 5.02 Å². The van der Waals surface area contributed by atoms with Crippen molar-refractivity contribution in [1.29, 1.82) is 0 Å². The minimum atomic E-state index is -0.294. The zero-order valence-corrected chi connectivity index (χ0v) is 17.0. The van der Waals surface area contributed by atoms with E-state index in [1.165, 1.54) is 19.2 Å². The van der Waals surface area contributed by atoms with Gasteiger partial charge in [0.15, 0.2) is 0 Å². The molecule has 0 fully saturated rings. The quantitative estimate of drug-likeness (QED) is 0.583. The van der Waals surface area contributed by atoms with Crippen LogP contribution in [0.15, 0.2) is 72.8 Å². The highest BCUT2D eigenvalue weighted by Gasteiger charge is 2.21. The molecule has 0 aliphatic carbocycles. The maximum absolute atomic E-state index is 13.4. The van der Waals surface area contributed by atoms with Crippen LogP contribution in [-0.2, 0) is 4.79 Å². The van der Waals surface area contributed by atoms with Gasteiger partial charge in [-0.1, -0.05) is 54.1 Å².